The number of hydrogen-bond donors (Lipinski definition) is 1. The molecule has 3 rings (SSSR count). The van der Waals surface area contributed by atoms with Gasteiger partial charge in [-0.3, -0.25) is 4.79 Å². The molecule has 0 aliphatic rings. The van der Waals surface area contributed by atoms with E-state index in [1.165, 1.54) is 34.4 Å². The number of anilines is 1. The Morgan fingerprint density at radius 2 is 1.96 bits per heavy atom. The van der Waals surface area contributed by atoms with Crippen LogP contribution in [0.15, 0.2) is 34.1 Å². The number of esters is 1. The molecule has 0 spiro atoms. The van der Waals surface area contributed by atoms with Gasteiger partial charge in [0.05, 0.1) is 12.4 Å². The number of benzene rings is 1. The number of nitrogens with zero attached hydrogens (tertiary/aromatic N) is 2. The van der Waals surface area contributed by atoms with Gasteiger partial charge < -0.3 is 10.1 Å². The molecule has 1 amide bonds. The summed E-state index contributed by atoms with van der Waals surface area (Å²) in [5.41, 5.74) is 4.89. The summed E-state index contributed by atoms with van der Waals surface area (Å²) in [6.07, 6.45) is 0. The van der Waals surface area contributed by atoms with Gasteiger partial charge in [0, 0.05) is 10.4 Å². The third kappa shape index (κ3) is 4.78. The highest BCUT2D eigenvalue weighted by atomic mass is 32.2. The van der Waals surface area contributed by atoms with Crippen LogP contribution in [0.2, 0.25) is 0 Å². The molecule has 28 heavy (non-hydrogen) atoms. The second-order valence-corrected chi connectivity index (χ2v) is 9.15. The van der Waals surface area contributed by atoms with Crippen LogP contribution in [0.4, 0.5) is 5.00 Å². The molecule has 0 fully saturated rings. The van der Waals surface area contributed by atoms with Gasteiger partial charge in [0.15, 0.2) is 4.34 Å². The van der Waals surface area contributed by atoms with Crippen LogP contribution in [0, 0.1) is 13.8 Å². The predicted molar refractivity (Wildman–Crippen MR) is 114 cm³/mol. The van der Waals surface area contributed by atoms with Crippen LogP contribution in [0.25, 0.3) is 11.1 Å². The number of nitrogens with one attached hydrogen (secondary N) is 1. The van der Waals surface area contributed by atoms with Crippen molar-refractivity contribution in [2.75, 3.05) is 17.7 Å². The van der Waals surface area contributed by atoms with Crippen molar-refractivity contribution in [3.8, 4) is 11.1 Å². The molecular weight excluding hydrogens is 414 g/mol. The van der Waals surface area contributed by atoms with Gasteiger partial charge >= 0.3 is 5.97 Å². The van der Waals surface area contributed by atoms with Crippen molar-refractivity contribution in [2.45, 2.75) is 25.1 Å². The van der Waals surface area contributed by atoms with Crippen LogP contribution >= 0.6 is 34.4 Å². The number of rotatable bonds is 7. The Bertz CT molecular complexity index is 966. The Kier molecular flexibility index (Phi) is 6.82. The molecule has 3 aromatic rings. The minimum Gasteiger partial charge on any atom is -0.462 e. The molecule has 0 unspecified atom stereocenters. The lowest BCUT2D eigenvalue weighted by Gasteiger charge is -2.09. The van der Waals surface area contributed by atoms with Crippen LogP contribution in [0.3, 0.4) is 0 Å². The summed E-state index contributed by atoms with van der Waals surface area (Å²) in [4.78, 5) is 26.0. The van der Waals surface area contributed by atoms with Gasteiger partial charge in [-0.05, 0) is 26.3 Å². The molecule has 2 heterocycles. The van der Waals surface area contributed by atoms with Gasteiger partial charge in [0.25, 0.3) is 0 Å². The molecule has 0 radical (unpaired) electrons. The second kappa shape index (κ2) is 9.31. The molecule has 0 aliphatic heterocycles. The highest BCUT2D eigenvalue weighted by molar-refractivity contribution is 8.01. The zero-order valence-corrected chi connectivity index (χ0v) is 18.1. The molecular formula is C19H19N3O3S3. The molecule has 9 heteroatoms. The number of carbonyl (C=O) groups is 2. The maximum absolute atomic E-state index is 12.7. The van der Waals surface area contributed by atoms with Gasteiger partial charge in [-0.15, -0.1) is 21.5 Å². The SMILES string of the molecule is CCOC(=O)c1c(NC(=O)CSc2nncs2)sc(C)c1-c1ccc(C)cc1. The average Bonchev–Trinajstić information content (AvgIpc) is 3.29. The summed E-state index contributed by atoms with van der Waals surface area (Å²) < 4.78 is 5.99. The first-order valence-corrected chi connectivity index (χ1v) is 11.2. The van der Waals surface area contributed by atoms with Gasteiger partial charge in [0.2, 0.25) is 5.91 Å². The van der Waals surface area contributed by atoms with Crippen molar-refractivity contribution in [2.24, 2.45) is 0 Å². The minimum atomic E-state index is -0.436. The highest BCUT2D eigenvalue weighted by Gasteiger charge is 2.25. The summed E-state index contributed by atoms with van der Waals surface area (Å²) in [5.74, 6) is -0.453. The molecule has 0 saturated heterocycles. The normalized spacial score (nSPS) is 10.7. The third-order valence-corrected chi connectivity index (χ3v) is 6.70. The lowest BCUT2D eigenvalue weighted by atomic mass is 10.0. The Labute approximate surface area is 175 Å². The van der Waals surface area contributed by atoms with E-state index in [9.17, 15) is 9.59 Å². The van der Waals surface area contributed by atoms with Gasteiger partial charge in [-0.2, -0.15) is 0 Å². The standard InChI is InChI=1S/C19H19N3O3S3/c1-4-25-18(24)16-15(13-7-5-11(2)6-8-13)12(3)28-17(16)21-14(23)9-26-19-22-20-10-27-19/h5-8,10H,4,9H2,1-3H3,(H,21,23). The van der Waals surface area contributed by atoms with Crippen LogP contribution in [-0.4, -0.2) is 34.4 Å². The fraction of sp³-hybridized carbons (Fsp3) is 0.263. The number of aryl methyl sites for hydroxylation is 2. The molecule has 2 aromatic heterocycles. The largest absolute Gasteiger partial charge is 0.462 e. The fourth-order valence-corrected chi connectivity index (χ4v) is 4.98. The summed E-state index contributed by atoms with van der Waals surface area (Å²) in [6.45, 7) is 5.98. The molecule has 0 aliphatic carbocycles. The third-order valence-electron chi connectivity index (χ3n) is 3.82. The fourth-order valence-electron chi connectivity index (χ4n) is 2.61. The van der Waals surface area contributed by atoms with Gasteiger partial charge in [-0.25, -0.2) is 4.79 Å². The Balaban J connectivity index is 1.89. The maximum Gasteiger partial charge on any atom is 0.341 e. The average molecular weight is 434 g/mol. The second-order valence-electron chi connectivity index (χ2n) is 5.87. The molecule has 146 valence electrons. The lowest BCUT2D eigenvalue weighted by Crippen LogP contribution is -2.16. The van der Waals surface area contributed by atoms with Gasteiger partial charge in [0.1, 0.15) is 16.1 Å². The maximum atomic E-state index is 12.7. The summed E-state index contributed by atoms with van der Waals surface area (Å²) in [5, 5.41) is 11.0. The Morgan fingerprint density at radius 1 is 1.21 bits per heavy atom. The number of amides is 1. The lowest BCUT2D eigenvalue weighted by molar-refractivity contribution is -0.113. The van der Waals surface area contributed by atoms with Crippen molar-refractivity contribution >= 4 is 51.3 Å². The number of thiophene rings is 1. The summed E-state index contributed by atoms with van der Waals surface area (Å²) in [7, 11) is 0. The molecule has 6 nitrogen and oxygen atoms in total. The zero-order valence-electron chi connectivity index (χ0n) is 15.6. The minimum absolute atomic E-state index is 0.189. The Hall–Kier alpha value is -2.23. The number of hydrogen-bond acceptors (Lipinski definition) is 8. The van der Waals surface area contributed by atoms with Crippen LogP contribution in [-0.2, 0) is 9.53 Å². The van der Waals surface area contributed by atoms with Crippen LogP contribution in [0.1, 0.15) is 27.7 Å². The van der Waals surface area contributed by atoms with E-state index in [-0.39, 0.29) is 18.3 Å². The zero-order chi connectivity index (χ0) is 20.1. The molecule has 1 N–H and O–H groups in total. The number of carbonyl (C=O) groups excluding carboxylic acids is 2. The van der Waals surface area contributed by atoms with E-state index >= 15 is 0 Å². The van der Waals surface area contributed by atoms with E-state index in [4.69, 9.17) is 4.74 Å². The molecule has 1 aromatic carbocycles. The van der Waals surface area contributed by atoms with E-state index in [0.29, 0.717) is 10.6 Å². The van der Waals surface area contributed by atoms with E-state index in [2.05, 4.69) is 15.5 Å². The topological polar surface area (TPSA) is 81.2 Å². The van der Waals surface area contributed by atoms with Gasteiger partial charge in [-0.1, -0.05) is 52.9 Å². The monoisotopic (exact) mass is 433 g/mol. The van der Waals surface area contributed by atoms with Crippen molar-refractivity contribution in [1.82, 2.24) is 10.2 Å². The Morgan fingerprint density at radius 3 is 2.61 bits per heavy atom. The van der Waals surface area contributed by atoms with E-state index in [1.54, 1.807) is 12.4 Å². The van der Waals surface area contributed by atoms with Crippen molar-refractivity contribution in [3.63, 3.8) is 0 Å². The quantitative estimate of drug-likeness (QED) is 0.426. The molecule has 0 saturated carbocycles. The number of aromatic nitrogens is 2. The van der Waals surface area contributed by atoms with Crippen molar-refractivity contribution in [1.29, 1.82) is 0 Å². The highest BCUT2D eigenvalue weighted by Crippen LogP contribution is 2.40. The predicted octanol–water partition coefficient (Wildman–Crippen LogP) is 4.79. The first-order chi connectivity index (χ1) is 13.5. The first kappa shape index (κ1) is 20.5. The number of thioether (sulfide) groups is 1. The first-order valence-electron chi connectivity index (χ1n) is 8.56. The van der Waals surface area contributed by atoms with E-state index in [1.807, 2.05) is 38.1 Å². The number of ether oxygens (including phenoxy) is 1. The van der Waals surface area contributed by atoms with E-state index in [0.717, 1.165) is 25.9 Å². The van der Waals surface area contributed by atoms with Crippen molar-refractivity contribution in [3.05, 3.63) is 45.8 Å². The molecule has 0 bridgehead atoms. The summed E-state index contributed by atoms with van der Waals surface area (Å²) >= 11 is 4.07. The van der Waals surface area contributed by atoms with E-state index < -0.39 is 5.97 Å². The summed E-state index contributed by atoms with van der Waals surface area (Å²) in [6, 6.07) is 7.95. The van der Waals surface area contributed by atoms with Crippen molar-refractivity contribution < 1.29 is 14.3 Å². The smallest absolute Gasteiger partial charge is 0.341 e. The van der Waals surface area contributed by atoms with Crippen LogP contribution in [0.5, 0.6) is 0 Å². The van der Waals surface area contributed by atoms with Crippen LogP contribution < -0.4 is 5.32 Å². The molecule has 0 atom stereocenters.